The molecule has 204 valence electrons. The molecule has 0 spiro atoms. The SMILES string of the molecule is O=C(c1ccc2c(=O)n(Cc3ccc4c(c3)OCO4)c(=S)[nH]c2c1)N1CCN(Cc2ccc3c(c2)OCO3)CC1. The Bertz CT molecular complexity index is 1760. The lowest BCUT2D eigenvalue weighted by Crippen LogP contribution is -2.48. The van der Waals surface area contributed by atoms with Crippen LogP contribution in [0, 0.1) is 4.77 Å². The molecule has 10 nitrogen and oxygen atoms in total. The number of amides is 1. The highest BCUT2D eigenvalue weighted by molar-refractivity contribution is 7.71. The first-order chi connectivity index (χ1) is 19.5. The molecule has 1 N–H and O–H groups in total. The quantitative estimate of drug-likeness (QED) is 0.372. The molecule has 1 amide bonds. The lowest BCUT2D eigenvalue weighted by atomic mass is 10.1. The van der Waals surface area contributed by atoms with Crippen LogP contribution in [0.15, 0.2) is 59.4 Å². The van der Waals surface area contributed by atoms with Crippen LogP contribution in [0.4, 0.5) is 0 Å². The first-order valence-electron chi connectivity index (χ1n) is 13.1. The van der Waals surface area contributed by atoms with Gasteiger partial charge in [-0.2, -0.15) is 0 Å². The van der Waals surface area contributed by atoms with Crippen molar-refractivity contribution in [1.29, 1.82) is 0 Å². The smallest absolute Gasteiger partial charge is 0.262 e. The lowest BCUT2D eigenvalue weighted by Gasteiger charge is -2.34. The number of nitrogens with zero attached hydrogens (tertiary/aromatic N) is 3. The summed E-state index contributed by atoms with van der Waals surface area (Å²) in [5.74, 6) is 2.83. The first kappa shape index (κ1) is 24.7. The number of hydrogen-bond donors (Lipinski definition) is 1. The fourth-order valence-electron chi connectivity index (χ4n) is 5.34. The molecule has 0 radical (unpaired) electrons. The van der Waals surface area contributed by atoms with Gasteiger partial charge in [-0.25, -0.2) is 0 Å². The molecular formula is C29H26N4O6S. The van der Waals surface area contributed by atoms with Gasteiger partial charge in [0.05, 0.1) is 17.4 Å². The van der Waals surface area contributed by atoms with Crippen LogP contribution in [0.5, 0.6) is 23.0 Å². The summed E-state index contributed by atoms with van der Waals surface area (Å²) in [6, 6.07) is 16.7. The van der Waals surface area contributed by atoms with Gasteiger partial charge in [0.25, 0.3) is 11.5 Å². The first-order valence-corrected chi connectivity index (χ1v) is 13.5. The van der Waals surface area contributed by atoms with Crippen LogP contribution in [0.25, 0.3) is 10.9 Å². The van der Waals surface area contributed by atoms with Gasteiger partial charge < -0.3 is 28.8 Å². The molecule has 4 heterocycles. The van der Waals surface area contributed by atoms with E-state index in [1.807, 2.05) is 41.3 Å². The van der Waals surface area contributed by atoms with Crippen molar-refractivity contribution in [1.82, 2.24) is 19.4 Å². The normalized spacial score (nSPS) is 16.1. The Morgan fingerprint density at radius 1 is 0.775 bits per heavy atom. The van der Waals surface area contributed by atoms with Crippen molar-refractivity contribution in [3.63, 3.8) is 0 Å². The zero-order chi connectivity index (χ0) is 27.2. The fourth-order valence-corrected chi connectivity index (χ4v) is 5.60. The number of aromatic amines is 1. The van der Waals surface area contributed by atoms with Gasteiger partial charge in [0.1, 0.15) is 0 Å². The summed E-state index contributed by atoms with van der Waals surface area (Å²) in [6.07, 6.45) is 0. The Hall–Kier alpha value is -4.35. The second-order valence-electron chi connectivity index (χ2n) is 10.0. The monoisotopic (exact) mass is 558 g/mol. The van der Waals surface area contributed by atoms with Crippen LogP contribution in [0.2, 0.25) is 0 Å². The predicted octanol–water partition coefficient (Wildman–Crippen LogP) is 3.52. The minimum atomic E-state index is -0.215. The Morgan fingerprint density at radius 2 is 1.40 bits per heavy atom. The second kappa shape index (κ2) is 10.00. The summed E-state index contributed by atoms with van der Waals surface area (Å²) in [5.41, 5.74) is 2.87. The van der Waals surface area contributed by atoms with Crippen LogP contribution in [0.1, 0.15) is 21.5 Å². The van der Waals surface area contributed by atoms with Gasteiger partial charge in [0.15, 0.2) is 27.8 Å². The van der Waals surface area contributed by atoms with Gasteiger partial charge in [-0.15, -0.1) is 0 Å². The number of H-pyrrole nitrogens is 1. The van der Waals surface area contributed by atoms with Crippen molar-refractivity contribution in [3.05, 3.63) is 86.4 Å². The molecule has 7 rings (SSSR count). The summed E-state index contributed by atoms with van der Waals surface area (Å²) in [6.45, 7) is 4.29. The van der Waals surface area contributed by atoms with Crippen LogP contribution in [0.3, 0.4) is 0 Å². The molecule has 1 aromatic heterocycles. The van der Waals surface area contributed by atoms with Gasteiger partial charge in [-0.05, 0) is 65.8 Å². The number of aromatic nitrogens is 2. The largest absolute Gasteiger partial charge is 0.454 e. The van der Waals surface area contributed by atoms with Crippen molar-refractivity contribution < 1.29 is 23.7 Å². The van der Waals surface area contributed by atoms with E-state index in [-0.39, 0.29) is 36.4 Å². The summed E-state index contributed by atoms with van der Waals surface area (Å²) in [4.78, 5) is 34.0. The number of carbonyl (C=O) groups is 1. The van der Waals surface area contributed by atoms with Crippen LogP contribution in [-0.4, -0.2) is 65.0 Å². The Balaban J connectivity index is 1.04. The van der Waals surface area contributed by atoms with E-state index in [2.05, 4.69) is 9.88 Å². The number of carbonyl (C=O) groups excluding carboxylic acids is 1. The van der Waals surface area contributed by atoms with E-state index in [1.54, 1.807) is 18.2 Å². The molecule has 3 aliphatic rings. The highest BCUT2D eigenvalue weighted by Gasteiger charge is 2.24. The molecule has 11 heteroatoms. The maximum atomic E-state index is 13.3. The van der Waals surface area contributed by atoms with Gasteiger partial charge in [0, 0.05) is 38.3 Å². The van der Waals surface area contributed by atoms with E-state index < -0.39 is 0 Å². The highest BCUT2D eigenvalue weighted by Crippen LogP contribution is 2.33. The topological polar surface area (TPSA) is 98.3 Å². The average molecular weight is 559 g/mol. The summed E-state index contributed by atoms with van der Waals surface area (Å²) in [7, 11) is 0. The van der Waals surface area contributed by atoms with Crippen molar-refractivity contribution in [2.24, 2.45) is 0 Å². The molecular weight excluding hydrogens is 532 g/mol. The van der Waals surface area contributed by atoms with Crippen molar-refractivity contribution >= 4 is 29.0 Å². The van der Waals surface area contributed by atoms with Gasteiger partial charge >= 0.3 is 0 Å². The summed E-state index contributed by atoms with van der Waals surface area (Å²) < 4.78 is 23.5. The maximum Gasteiger partial charge on any atom is 0.262 e. The van der Waals surface area contributed by atoms with E-state index in [1.165, 1.54) is 4.57 Å². The number of piperazine rings is 1. The van der Waals surface area contributed by atoms with E-state index in [0.717, 1.165) is 42.3 Å². The Morgan fingerprint density at radius 3 is 2.08 bits per heavy atom. The van der Waals surface area contributed by atoms with Crippen LogP contribution in [-0.2, 0) is 13.1 Å². The maximum absolute atomic E-state index is 13.3. The second-order valence-corrected chi connectivity index (χ2v) is 10.4. The van der Waals surface area contributed by atoms with E-state index >= 15 is 0 Å². The molecule has 0 atom stereocenters. The third kappa shape index (κ3) is 4.56. The number of hydrogen-bond acceptors (Lipinski definition) is 8. The molecule has 3 aliphatic heterocycles. The molecule has 0 unspecified atom stereocenters. The molecule has 1 saturated heterocycles. The zero-order valence-corrected chi connectivity index (χ0v) is 22.4. The van der Waals surface area contributed by atoms with E-state index in [9.17, 15) is 9.59 Å². The molecule has 1 fully saturated rings. The van der Waals surface area contributed by atoms with Crippen LogP contribution < -0.4 is 24.5 Å². The molecule has 0 saturated carbocycles. The number of benzene rings is 3. The van der Waals surface area contributed by atoms with Crippen molar-refractivity contribution in [2.45, 2.75) is 13.1 Å². The Kier molecular flexibility index (Phi) is 6.17. The van der Waals surface area contributed by atoms with E-state index in [0.29, 0.717) is 41.1 Å². The minimum absolute atomic E-state index is 0.0616. The summed E-state index contributed by atoms with van der Waals surface area (Å²) in [5, 5.41) is 0.472. The van der Waals surface area contributed by atoms with Gasteiger partial charge in [0.2, 0.25) is 13.6 Å². The molecule has 3 aromatic carbocycles. The Labute approximate surface area is 234 Å². The highest BCUT2D eigenvalue weighted by atomic mass is 32.1. The number of rotatable bonds is 5. The van der Waals surface area contributed by atoms with Crippen LogP contribution >= 0.6 is 12.2 Å². The van der Waals surface area contributed by atoms with E-state index in [4.69, 9.17) is 31.2 Å². The van der Waals surface area contributed by atoms with Gasteiger partial charge in [-0.1, -0.05) is 12.1 Å². The van der Waals surface area contributed by atoms with Crippen molar-refractivity contribution in [3.8, 4) is 23.0 Å². The summed E-state index contributed by atoms with van der Waals surface area (Å²) >= 11 is 5.53. The number of fused-ring (bicyclic) bond motifs is 3. The van der Waals surface area contributed by atoms with Gasteiger partial charge in [-0.3, -0.25) is 19.1 Å². The average Bonchev–Trinajstić information content (AvgIpc) is 3.64. The lowest BCUT2D eigenvalue weighted by molar-refractivity contribution is 0.0628. The molecule has 0 aliphatic carbocycles. The number of ether oxygens (including phenoxy) is 4. The molecule has 4 aromatic rings. The standard InChI is InChI=1S/C29H26N4O6S/c34-27(32-9-7-31(8-10-32)14-18-1-5-23-25(11-18)38-16-36-23)20-3-4-21-22(13-20)30-29(40)33(28(21)35)15-19-2-6-24-26(12-19)39-17-37-24/h1-6,11-13H,7-10,14-17H2,(H,30,40). The zero-order valence-electron chi connectivity index (χ0n) is 21.6. The predicted molar refractivity (Wildman–Crippen MR) is 149 cm³/mol. The minimum Gasteiger partial charge on any atom is -0.454 e. The molecule has 40 heavy (non-hydrogen) atoms. The third-order valence-corrected chi connectivity index (χ3v) is 7.83. The molecule has 0 bridgehead atoms. The van der Waals surface area contributed by atoms with Crippen molar-refractivity contribution in [2.75, 3.05) is 39.8 Å². The number of nitrogens with one attached hydrogen (secondary N) is 1. The third-order valence-electron chi connectivity index (χ3n) is 7.51. The fraction of sp³-hybridized carbons (Fsp3) is 0.276.